The molecule has 21 aromatic carbocycles. The Balaban J connectivity index is 0.561. The average Bonchev–Trinajstić information content (AvgIpc) is 1.54. The second-order valence-electron chi connectivity index (χ2n) is 37.2. The van der Waals surface area contributed by atoms with Crippen LogP contribution in [0.15, 0.2) is 483 Å². The minimum absolute atomic E-state index is 0.224. The molecular formula is C131H80N10S. The zero-order valence-corrected chi connectivity index (χ0v) is 77.4. The van der Waals surface area contributed by atoms with Gasteiger partial charge >= 0.3 is 0 Å². The van der Waals surface area contributed by atoms with Gasteiger partial charge in [0.25, 0.3) is 0 Å². The number of aliphatic imine (C=N–C) groups is 2. The Hall–Kier alpha value is -18.6. The Labute approximate surface area is 820 Å². The molecule has 0 N–H and O–H groups in total. The monoisotopic (exact) mass is 1820 g/mol. The SMILES string of the molecule is C1=C(c2ccc3c(c2)c2ccccc2n3-c2cc(-c3nc(-c4ccccc4)cc(-c4ccccc4)n3)cc(-n3c4ccccc4c4cc(-c5ccc6c7cc(-c8cccc(-c9cccc(-c%10nc(-c%11ccccc%11)nc(-c%11ccccc%11)n%10)c9)c8)ccc7c7ccccc7c6c5)ccc43)c2)c2ccccc2C2N=C(n3c4ccccc4c4c5ccccc5c5c6ccccc6sc5c43)N=C(c3ccccc3)C12. The molecule has 0 bridgehead atoms. The van der Waals surface area contributed by atoms with Crippen LogP contribution in [0.5, 0.6) is 0 Å². The predicted molar refractivity (Wildman–Crippen MR) is 591 cm³/mol. The highest BCUT2D eigenvalue weighted by Gasteiger charge is 2.39. The maximum Gasteiger partial charge on any atom is 0.230 e. The first-order chi connectivity index (χ1) is 70.4. The first-order valence-corrected chi connectivity index (χ1v) is 49.2. The van der Waals surface area contributed by atoms with Crippen LogP contribution in [-0.2, 0) is 0 Å². The zero-order valence-electron chi connectivity index (χ0n) is 76.6. The summed E-state index contributed by atoms with van der Waals surface area (Å²) in [6.45, 7) is 0. The highest BCUT2D eigenvalue weighted by Crippen LogP contribution is 2.52. The van der Waals surface area contributed by atoms with E-state index in [0.29, 0.717) is 29.3 Å². The summed E-state index contributed by atoms with van der Waals surface area (Å²) < 4.78 is 9.80. The zero-order chi connectivity index (χ0) is 93.1. The van der Waals surface area contributed by atoms with Gasteiger partial charge in [0.2, 0.25) is 5.96 Å². The van der Waals surface area contributed by atoms with Gasteiger partial charge in [-0.05, 0) is 201 Å². The maximum atomic E-state index is 6.00. The van der Waals surface area contributed by atoms with Gasteiger partial charge in [0.1, 0.15) is 0 Å². The lowest BCUT2D eigenvalue weighted by Gasteiger charge is -2.34. The van der Waals surface area contributed by atoms with Gasteiger partial charge in [-0.2, -0.15) is 0 Å². The summed E-state index contributed by atoms with van der Waals surface area (Å²) in [5, 5.41) is 19.1. The van der Waals surface area contributed by atoms with Gasteiger partial charge in [-0.15, -0.1) is 11.3 Å². The normalized spacial score (nSPS) is 13.8. The van der Waals surface area contributed by atoms with Crippen LogP contribution >= 0.6 is 11.3 Å². The Kier molecular flexibility index (Phi) is 18.5. The van der Waals surface area contributed by atoms with E-state index in [4.69, 9.17) is 34.9 Å². The third kappa shape index (κ3) is 13.1. The van der Waals surface area contributed by atoms with Crippen LogP contribution in [0.2, 0.25) is 0 Å². The molecule has 0 saturated carbocycles. The lowest BCUT2D eigenvalue weighted by molar-refractivity contribution is 0.627. The number of fused-ring (bicyclic) bond motifs is 25. The smallest absolute Gasteiger partial charge is 0.230 e. The van der Waals surface area contributed by atoms with Gasteiger partial charge in [0.05, 0.1) is 60.9 Å². The number of hydrogen-bond acceptors (Lipinski definition) is 8. The molecule has 27 aromatic rings. The van der Waals surface area contributed by atoms with Crippen molar-refractivity contribution < 1.29 is 0 Å². The third-order valence-electron chi connectivity index (χ3n) is 29.2. The number of rotatable bonds is 13. The van der Waals surface area contributed by atoms with E-state index >= 15 is 0 Å². The second-order valence-corrected chi connectivity index (χ2v) is 38.3. The molecule has 0 radical (unpaired) electrons. The molecule has 1 aliphatic carbocycles. The van der Waals surface area contributed by atoms with Crippen molar-refractivity contribution in [3.8, 4) is 113 Å². The van der Waals surface area contributed by atoms with E-state index < -0.39 is 0 Å². The van der Waals surface area contributed by atoms with Crippen molar-refractivity contribution in [3.63, 3.8) is 0 Å². The molecule has 29 rings (SSSR count). The lowest BCUT2D eigenvalue weighted by Crippen LogP contribution is -2.31. The van der Waals surface area contributed by atoms with Gasteiger partial charge in [-0.1, -0.05) is 376 Å². The van der Waals surface area contributed by atoms with Crippen molar-refractivity contribution in [2.75, 3.05) is 0 Å². The predicted octanol–water partition coefficient (Wildman–Crippen LogP) is 33.5. The molecule has 2 atom stereocenters. The van der Waals surface area contributed by atoms with Gasteiger partial charge in [0.15, 0.2) is 23.3 Å². The minimum Gasteiger partial charge on any atom is -0.309 e. The number of nitrogens with zero attached hydrogens (tertiary/aromatic N) is 10. The van der Waals surface area contributed by atoms with E-state index in [1.165, 1.54) is 74.0 Å². The molecule has 1 aliphatic heterocycles. The Bertz CT molecular complexity index is 9950. The summed E-state index contributed by atoms with van der Waals surface area (Å²) in [5.41, 5.74) is 29.0. The number of thiophene rings is 1. The molecular weight excluding hydrogens is 1750 g/mol. The van der Waals surface area contributed by atoms with Gasteiger partial charge in [-0.25, -0.2) is 34.9 Å². The maximum absolute atomic E-state index is 6.00. The highest BCUT2D eigenvalue weighted by molar-refractivity contribution is 7.27. The molecule has 11 heteroatoms. The Morgan fingerprint density at radius 1 is 0.225 bits per heavy atom. The van der Waals surface area contributed by atoms with Crippen LogP contribution in [-0.4, -0.2) is 50.3 Å². The van der Waals surface area contributed by atoms with Crippen molar-refractivity contribution in [2.24, 2.45) is 15.9 Å². The molecule has 0 spiro atoms. The van der Waals surface area contributed by atoms with E-state index in [1.807, 2.05) is 72.0 Å². The highest BCUT2D eigenvalue weighted by atomic mass is 32.1. The van der Waals surface area contributed by atoms with Crippen LogP contribution in [0.4, 0.5) is 0 Å². The molecule has 0 amide bonds. The van der Waals surface area contributed by atoms with E-state index in [2.05, 4.69) is 426 Å². The molecule has 7 heterocycles. The van der Waals surface area contributed by atoms with E-state index in [9.17, 15) is 0 Å². The summed E-state index contributed by atoms with van der Waals surface area (Å²) in [6, 6.07) is 169. The standard InChI is InChI=1S/C131H80N10S/c1-6-32-79(33-7-1)113-78-114(80-34-8-2-9-35-80)133-130(132-113)92-70-93(139-115-56-26-22-49-100(115)110-74-89(62-66-118(110)139)88-61-65-99-108(73-88)96-47-17-16-46-95(96)98-64-60-87(72-109(98)99)85-43-30-42-84(68-85)86-44-31-45-91(69-86)129-137-127(82-38-12-4-13-39-82)136-128(138-129)83-40-14-5-15-41-83)76-94(71-92)140-116-57-27-23-50-101(116)111-75-90(63-67-119(111)140)107-77-112-123(81-36-10-3-11-37-81)134-131(135-124(112)104-53-21-18-48-97(104)107)141-117-58-28-24-54-105(117)121-102-51-19-20-52-103(102)122-106-55-25-29-59-120(106)142-126(122)125(121)141/h1-78,112,124H. The van der Waals surface area contributed by atoms with Crippen molar-refractivity contribution in [2.45, 2.75) is 6.04 Å². The quantitative estimate of drug-likeness (QED) is 0.107. The number of hydrogen-bond donors (Lipinski definition) is 0. The van der Waals surface area contributed by atoms with E-state index in [1.54, 1.807) is 0 Å². The molecule has 10 nitrogen and oxygen atoms in total. The summed E-state index contributed by atoms with van der Waals surface area (Å²) in [5.74, 6) is 2.94. The van der Waals surface area contributed by atoms with Crippen LogP contribution in [0.3, 0.4) is 0 Å². The number of para-hydroxylation sites is 3. The molecule has 0 saturated heterocycles. The Morgan fingerprint density at radius 3 is 1.19 bits per heavy atom. The topological polar surface area (TPSA) is 104 Å². The minimum atomic E-state index is -0.303. The van der Waals surface area contributed by atoms with Crippen molar-refractivity contribution in [1.29, 1.82) is 0 Å². The van der Waals surface area contributed by atoms with Gasteiger partial charge in [0, 0.05) is 98.5 Å². The molecule has 660 valence electrons. The molecule has 6 aromatic heterocycles. The van der Waals surface area contributed by atoms with Gasteiger partial charge < -0.3 is 9.13 Å². The summed E-state index contributed by atoms with van der Waals surface area (Å²) in [6.07, 6.45) is 2.48. The van der Waals surface area contributed by atoms with Crippen molar-refractivity contribution >= 4 is 157 Å². The largest absolute Gasteiger partial charge is 0.309 e. The molecule has 2 aliphatic rings. The first-order valence-electron chi connectivity index (χ1n) is 48.4. The first kappa shape index (κ1) is 80.7. The lowest BCUT2D eigenvalue weighted by atomic mass is 9.75. The third-order valence-corrected chi connectivity index (χ3v) is 30.4. The molecule has 2 unspecified atom stereocenters. The van der Waals surface area contributed by atoms with Gasteiger partial charge in [-0.3, -0.25) is 4.57 Å². The van der Waals surface area contributed by atoms with Crippen molar-refractivity contribution in [3.05, 3.63) is 495 Å². The number of benzene rings is 21. The van der Waals surface area contributed by atoms with Crippen LogP contribution in [0, 0.1) is 5.92 Å². The number of aromatic nitrogens is 8. The fraction of sp³-hybridized carbons (Fsp3) is 0.0153. The molecule has 142 heavy (non-hydrogen) atoms. The molecule has 0 fully saturated rings. The van der Waals surface area contributed by atoms with Crippen LogP contribution in [0.25, 0.3) is 247 Å². The summed E-state index contributed by atoms with van der Waals surface area (Å²) in [4.78, 5) is 38.3. The van der Waals surface area contributed by atoms with Crippen LogP contribution in [0.1, 0.15) is 28.3 Å². The average molecular weight is 1830 g/mol. The fourth-order valence-electron chi connectivity index (χ4n) is 22.7. The van der Waals surface area contributed by atoms with Crippen molar-refractivity contribution in [1.82, 2.24) is 38.6 Å². The van der Waals surface area contributed by atoms with E-state index in [0.717, 1.165) is 178 Å². The fourth-order valence-corrected chi connectivity index (χ4v) is 24.0. The van der Waals surface area contributed by atoms with Crippen LogP contribution < -0.4 is 0 Å². The second kappa shape index (κ2) is 32.6. The summed E-state index contributed by atoms with van der Waals surface area (Å²) in [7, 11) is 0. The summed E-state index contributed by atoms with van der Waals surface area (Å²) >= 11 is 1.86. The van der Waals surface area contributed by atoms with E-state index in [-0.39, 0.29) is 12.0 Å². The Morgan fingerprint density at radius 2 is 0.613 bits per heavy atom.